The van der Waals surface area contributed by atoms with Gasteiger partial charge in [0.2, 0.25) is 17.7 Å². The van der Waals surface area contributed by atoms with Crippen LogP contribution in [0.4, 0.5) is 5.69 Å². The molecule has 1 spiro atoms. The smallest absolute Gasteiger partial charge is 0.246 e. The van der Waals surface area contributed by atoms with Gasteiger partial charge < -0.3 is 25.0 Å². The molecule has 2 aromatic carbocycles. The molecular weight excluding hydrogens is 554 g/mol. The third kappa shape index (κ3) is 5.20. The standard InChI is InChI=1S/C33H38ClN3O5/c1-3-41-24-14-12-23(13-15-24)35-30(38)27-26-16-18-33(42-26)28(27)32(40)37(19-17-21-8-10-22(34)11-9-21)29(33)31(39)36-25-7-5-4-6-20(25)2/h8-16,18,20,25-29H,3-7,17,19H2,1-2H3,(H,35,38)(H,36,39). The Bertz CT molecular complexity index is 1360. The van der Waals surface area contributed by atoms with Gasteiger partial charge in [-0.15, -0.1) is 0 Å². The van der Waals surface area contributed by atoms with Gasteiger partial charge in [0.1, 0.15) is 17.4 Å². The van der Waals surface area contributed by atoms with E-state index >= 15 is 0 Å². The summed E-state index contributed by atoms with van der Waals surface area (Å²) in [5.74, 6) is -1.20. The predicted octanol–water partition coefficient (Wildman–Crippen LogP) is 4.77. The van der Waals surface area contributed by atoms with E-state index in [9.17, 15) is 14.4 Å². The van der Waals surface area contributed by atoms with Gasteiger partial charge in [-0.2, -0.15) is 0 Å². The number of amides is 3. The van der Waals surface area contributed by atoms with Crippen molar-refractivity contribution >= 4 is 35.0 Å². The van der Waals surface area contributed by atoms with Gasteiger partial charge in [0.25, 0.3) is 0 Å². The van der Waals surface area contributed by atoms with Crippen LogP contribution in [-0.4, -0.2) is 59.6 Å². The average Bonchev–Trinajstić information content (AvgIpc) is 3.62. The van der Waals surface area contributed by atoms with E-state index in [1.807, 2.05) is 43.3 Å². The number of nitrogens with zero attached hydrogens (tertiary/aromatic N) is 1. The van der Waals surface area contributed by atoms with Crippen LogP contribution in [-0.2, 0) is 25.5 Å². The van der Waals surface area contributed by atoms with Crippen molar-refractivity contribution in [3.63, 3.8) is 0 Å². The quantitative estimate of drug-likeness (QED) is 0.410. The Hall–Kier alpha value is -3.36. The first-order chi connectivity index (χ1) is 20.3. The van der Waals surface area contributed by atoms with Crippen molar-refractivity contribution in [1.29, 1.82) is 0 Å². The van der Waals surface area contributed by atoms with Crippen molar-refractivity contribution < 1.29 is 23.9 Å². The molecule has 0 radical (unpaired) electrons. The van der Waals surface area contributed by atoms with Gasteiger partial charge in [0.05, 0.1) is 24.5 Å². The van der Waals surface area contributed by atoms with Crippen LogP contribution in [0.1, 0.15) is 45.1 Å². The van der Waals surface area contributed by atoms with Crippen LogP contribution in [0.3, 0.4) is 0 Å². The van der Waals surface area contributed by atoms with Crippen molar-refractivity contribution in [2.45, 2.75) is 69.7 Å². The normalized spacial score (nSPS) is 31.2. The summed E-state index contributed by atoms with van der Waals surface area (Å²) in [4.78, 5) is 43.7. The molecule has 3 fully saturated rings. The maximum absolute atomic E-state index is 14.2. The maximum atomic E-state index is 14.2. The van der Waals surface area contributed by atoms with Gasteiger partial charge in [-0.1, -0.05) is 55.7 Å². The van der Waals surface area contributed by atoms with Crippen molar-refractivity contribution in [3.8, 4) is 5.75 Å². The lowest BCUT2D eigenvalue weighted by atomic mass is 9.74. The molecule has 2 aromatic rings. The van der Waals surface area contributed by atoms with E-state index in [4.69, 9.17) is 21.1 Å². The Kier molecular flexibility index (Phi) is 8.03. The van der Waals surface area contributed by atoms with E-state index < -0.39 is 29.6 Å². The minimum absolute atomic E-state index is 0.0521. The molecule has 0 aromatic heterocycles. The number of hydrogen-bond acceptors (Lipinski definition) is 5. The molecule has 2 saturated heterocycles. The maximum Gasteiger partial charge on any atom is 0.246 e. The van der Waals surface area contributed by atoms with E-state index in [1.165, 1.54) is 0 Å². The highest BCUT2D eigenvalue weighted by atomic mass is 35.5. The molecule has 2 bridgehead atoms. The highest BCUT2D eigenvalue weighted by Crippen LogP contribution is 2.55. The number of anilines is 1. The summed E-state index contributed by atoms with van der Waals surface area (Å²) in [5, 5.41) is 6.89. The number of ether oxygens (including phenoxy) is 2. The predicted molar refractivity (Wildman–Crippen MR) is 160 cm³/mol. The zero-order chi connectivity index (χ0) is 29.4. The lowest BCUT2D eigenvalue weighted by molar-refractivity contribution is -0.141. The van der Waals surface area contributed by atoms with E-state index in [0.717, 1.165) is 31.2 Å². The number of halogens is 1. The van der Waals surface area contributed by atoms with Crippen LogP contribution in [0.25, 0.3) is 0 Å². The number of carbonyl (C=O) groups is 3. The molecule has 7 atom stereocenters. The monoisotopic (exact) mass is 591 g/mol. The molecule has 3 heterocycles. The topological polar surface area (TPSA) is 97.0 Å². The summed E-state index contributed by atoms with van der Waals surface area (Å²) >= 11 is 6.08. The Labute approximate surface area is 251 Å². The molecule has 8 nitrogen and oxygen atoms in total. The largest absolute Gasteiger partial charge is 0.494 e. The summed E-state index contributed by atoms with van der Waals surface area (Å²) in [6.07, 6.45) is 7.88. The number of likely N-dealkylation sites (tertiary alicyclic amines) is 1. The molecule has 222 valence electrons. The molecule has 7 unspecified atom stereocenters. The highest BCUT2D eigenvalue weighted by Gasteiger charge is 2.72. The van der Waals surface area contributed by atoms with Crippen LogP contribution >= 0.6 is 11.6 Å². The number of benzene rings is 2. The third-order valence-corrected chi connectivity index (χ3v) is 9.60. The summed E-state index contributed by atoms with van der Waals surface area (Å²) in [6, 6.07) is 13.8. The van der Waals surface area contributed by atoms with Gasteiger partial charge in [0.15, 0.2) is 0 Å². The number of fused-ring (bicyclic) bond motifs is 1. The summed E-state index contributed by atoms with van der Waals surface area (Å²) in [5.41, 5.74) is 0.423. The third-order valence-electron chi connectivity index (χ3n) is 9.35. The van der Waals surface area contributed by atoms with Crippen LogP contribution in [0.15, 0.2) is 60.7 Å². The highest BCUT2D eigenvalue weighted by molar-refractivity contribution is 6.30. The Morgan fingerprint density at radius 2 is 1.81 bits per heavy atom. The fraction of sp³-hybridized carbons (Fsp3) is 0.485. The lowest BCUT2D eigenvalue weighted by Crippen LogP contribution is -2.57. The molecular formula is C33H38ClN3O5. The Morgan fingerprint density at radius 1 is 1.07 bits per heavy atom. The van der Waals surface area contributed by atoms with E-state index in [1.54, 1.807) is 29.2 Å². The number of hydrogen-bond donors (Lipinski definition) is 2. The van der Waals surface area contributed by atoms with Crippen LogP contribution in [0, 0.1) is 17.8 Å². The Balaban J connectivity index is 1.27. The van der Waals surface area contributed by atoms with E-state index in [0.29, 0.717) is 41.9 Å². The molecule has 42 heavy (non-hydrogen) atoms. The molecule has 4 aliphatic rings. The zero-order valence-electron chi connectivity index (χ0n) is 24.1. The second kappa shape index (κ2) is 11.7. The van der Waals surface area contributed by atoms with Crippen molar-refractivity contribution in [1.82, 2.24) is 10.2 Å². The van der Waals surface area contributed by atoms with E-state index in [-0.39, 0.29) is 23.8 Å². The van der Waals surface area contributed by atoms with Crippen LogP contribution in [0.5, 0.6) is 5.75 Å². The summed E-state index contributed by atoms with van der Waals surface area (Å²) in [6.45, 7) is 4.96. The summed E-state index contributed by atoms with van der Waals surface area (Å²) < 4.78 is 12.0. The molecule has 1 aliphatic carbocycles. The lowest BCUT2D eigenvalue weighted by Gasteiger charge is -2.36. The average molecular weight is 592 g/mol. The zero-order valence-corrected chi connectivity index (χ0v) is 24.8. The number of carbonyl (C=O) groups excluding carboxylic acids is 3. The second-order valence-corrected chi connectivity index (χ2v) is 12.4. The van der Waals surface area contributed by atoms with E-state index in [2.05, 4.69) is 17.6 Å². The van der Waals surface area contributed by atoms with Crippen molar-refractivity contribution in [2.24, 2.45) is 17.8 Å². The molecule has 6 rings (SSSR count). The Morgan fingerprint density at radius 3 is 2.52 bits per heavy atom. The van der Waals surface area contributed by atoms with Crippen LogP contribution < -0.4 is 15.4 Å². The number of rotatable bonds is 9. The molecule has 3 amide bonds. The molecule has 9 heteroatoms. The SMILES string of the molecule is CCOc1ccc(NC(=O)C2C3C=CC4(O3)C2C(=O)N(CCc2ccc(Cl)cc2)C4C(=O)NC2CCCCC2C)cc1. The fourth-order valence-corrected chi connectivity index (χ4v) is 7.35. The second-order valence-electron chi connectivity index (χ2n) is 11.9. The number of nitrogens with one attached hydrogen (secondary N) is 2. The molecule has 2 N–H and O–H groups in total. The minimum Gasteiger partial charge on any atom is -0.494 e. The summed E-state index contributed by atoms with van der Waals surface area (Å²) in [7, 11) is 0. The van der Waals surface area contributed by atoms with Gasteiger partial charge in [0, 0.05) is 23.3 Å². The molecule has 3 aliphatic heterocycles. The minimum atomic E-state index is -1.19. The fourth-order valence-electron chi connectivity index (χ4n) is 7.23. The van der Waals surface area contributed by atoms with Crippen LogP contribution in [0.2, 0.25) is 5.02 Å². The first-order valence-corrected chi connectivity index (χ1v) is 15.4. The van der Waals surface area contributed by atoms with Gasteiger partial charge in [-0.3, -0.25) is 14.4 Å². The van der Waals surface area contributed by atoms with Gasteiger partial charge in [-0.05, 0) is 74.1 Å². The van der Waals surface area contributed by atoms with Crippen molar-refractivity contribution in [2.75, 3.05) is 18.5 Å². The van der Waals surface area contributed by atoms with Crippen molar-refractivity contribution in [3.05, 3.63) is 71.3 Å². The first-order valence-electron chi connectivity index (χ1n) is 15.1. The first kappa shape index (κ1) is 28.7. The van der Waals surface area contributed by atoms with Gasteiger partial charge >= 0.3 is 0 Å². The molecule has 1 saturated carbocycles. The van der Waals surface area contributed by atoms with Gasteiger partial charge in [-0.25, -0.2) is 0 Å².